The molecule has 3 aliphatic heterocycles. The summed E-state index contributed by atoms with van der Waals surface area (Å²) >= 11 is 0. The minimum Gasteiger partial charge on any atom is -0.507 e. The van der Waals surface area contributed by atoms with Gasteiger partial charge in [-0.3, -0.25) is 4.79 Å². The summed E-state index contributed by atoms with van der Waals surface area (Å²) < 4.78 is 39.0. The molecule has 19 heteroatoms. The summed E-state index contributed by atoms with van der Waals surface area (Å²) in [6.07, 6.45) is -22.8. The standard InChI is InChI=1S/C33H40O19/c1-11-22(37)25(40)28(43)31(47-11)46-10-20-24(39)27(42)30(45)33(52-20)49-14-6-15(35)21-16(36)8-17(50-18(21)7-14)12-2-4-13(5-3-12)48-32-29(44)26(41)23(38)19(9-34)51-32/h2-8,11,19-20,22-35,37-45H,9-10H2,1H3/t11?,19-,20?,22-,23+,24+,25-,26?,27-,28?,29?,30?,31+,32+,33+/m0/s1. The van der Waals surface area contributed by atoms with Crippen LogP contribution < -0.4 is 14.9 Å². The molecule has 3 fully saturated rings. The third-order valence-electron chi connectivity index (χ3n) is 9.18. The Bertz CT molecular complexity index is 1730. The molecule has 4 heterocycles. The van der Waals surface area contributed by atoms with Gasteiger partial charge in [0, 0.05) is 23.8 Å². The quantitative estimate of drug-likeness (QED) is 0.101. The molecule has 0 saturated carbocycles. The third-order valence-corrected chi connectivity index (χ3v) is 9.18. The van der Waals surface area contributed by atoms with E-state index in [0.717, 1.165) is 12.1 Å². The summed E-state index contributed by atoms with van der Waals surface area (Å²) in [5.41, 5.74) is -0.422. The normalized spacial score (nSPS) is 38.2. The summed E-state index contributed by atoms with van der Waals surface area (Å²) in [5.74, 6) is -0.546. The molecule has 3 aromatic rings. The van der Waals surface area contributed by atoms with Crippen molar-refractivity contribution in [3.8, 4) is 28.6 Å². The first-order valence-corrected chi connectivity index (χ1v) is 16.2. The Hall–Kier alpha value is -3.51. The van der Waals surface area contributed by atoms with Gasteiger partial charge in [0.05, 0.1) is 19.3 Å². The van der Waals surface area contributed by atoms with Gasteiger partial charge in [-0.1, -0.05) is 0 Å². The molecular formula is C33H40O19. The topological polar surface area (TPSA) is 308 Å². The zero-order valence-corrected chi connectivity index (χ0v) is 27.3. The van der Waals surface area contributed by atoms with Crippen LogP contribution in [0, 0.1) is 0 Å². The second-order valence-corrected chi connectivity index (χ2v) is 12.8. The molecule has 0 radical (unpaired) electrons. The van der Waals surface area contributed by atoms with Crippen LogP contribution in [0.2, 0.25) is 0 Å². The van der Waals surface area contributed by atoms with Gasteiger partial charge in [-0.2, -0.15) is 0 Å². The third kappa shape index (κ3) is 7.47. The van der Waals surface area contributed by atoms with Crippen molar-refractivity contribution in [3.63, 3.8) is 0 Å². The summed E-state index contributed by atoms with van der Waals surface area (Å²) in [4.78, 5) is 13.0. The lowest BCUT2D eigenvalue weighted by Gasteiger charge is -2.42. The van der Waals surface area contributed by atoms with Crippen LogP contribution in [0.5, 0.6) is 17.2 Å². The average Bonchev–Trinajstić information content (AvgIpc) is 3.12. The Morgan fingerprint density at radius 1 is 0.635 bits per heavy atom. The number of benzene rings is 2. The summed E-state index contributed by atoms with van der Waals surface area (Å²) in [6.45, 7) is 0.274. The van der Waals surface area contributed by atoms with Crippen molar-refractivity contribution >= 4 is 11.0 Å². The number of fused-ring (bicyclic) bond motifs is 1. The van der Waals surface area contributed by atoms with Gasteiger partial charge in [0.25, 0.3) is 0 Å². The van der Waals surface area contributed by atoms with Crippen molar-refractivity contribution in [2.24, 2.45) is 0 Å². The van der Waals surface area contributed by atoms with Crippen molar-refractivity contribution in [1.29, 1.82) is 0 Å². The Morgan fingerprint density at radius 3 is 1.83 bits per heavy atom. The lowest BCUT2D eigenvalue weighted by Crippen LogP contribution is -2.61. The van der Waals surface area contributed by atoms with E-state index in [9.17, 15) is 61.0 Å². The van der Waals surface area contributed by atoms with Gasteiger partial charge in [0.15, 0.2) is 11.7 Å². The molecule has 3 saturated heterocycles. The fourth-order valence-electron chi connectivity index (χ4n) is 6.08. The zero-order chi connectivity index (χ0) is 37.6. The summed E-state index contributed by atoms with van der Waals surface area (Å²) in [5, 5.41) is 112. The number of hydrogen-bond donors (Lipinski definition) is 11. The number of phenols is 1. The largest absolute Gasteiger partial charge is 0.507 e. The molecule has 6 rings (SSSR count). The molecule has 6 unspecified atom stereocenters. The van der Waals surface area contributed by atoms with Gasteiger partial charge >= 0.3 is 0 Å². The van der Waals surface area contributed by atoms with Gasteiger partial charge < -0.3 is 89.0 Å². The molecule has 0 amide bonds. The van der Waals surface area contributed by atoms with Gasteiger partial charge in [0.2, 0.25) is 12.6 Å². The SMILES string of the molecule is CC1O[C@@H](OCC2O[C@@H](Oc3cc(O)c4c(=O)cc(-c5ccc(O[C@@H]6O[C@@H](CO)[C@@H](O)C(O)C6O)cc5)oc4c3)C(O)[C@@H](O)[C@@H]2O)C(O)[C@@H](O)[C@H]1O. The van der Waals surface area contributed by atoms with E-state index < -0.39 is 117 Å². The minimum atomic E-state index is -1.82. The zero-order valence-electron chi connectivity index (χ0n) is 27.3. The molecule has 2 aromatic carbocycles. The lowest BCUT2D eigenvalue weighted by molar-refractivity contribution is -0.318. The highest BCUT2D eigenvalue weighted by molar-refractivity contribution is 5.86. The maximum absolute atomic E-state index is 13.0. The molecule has 11 N–H and O–H groups in total. The van der Waals surface area contributed by atoms with Gasteiger partial charge in [-0.25, -0.2) is 0 Å². The Kier molecular flexibility index (Phi) is 11.4. The number of hydrogen-bond acceptors (Lipinski definition) is 19. The highest BCUT2D eigenvalue weighted by Crippen LogP contribution is 2.34. The van der Waals surface area contributed by atoms with Crippen LogP contribution in [-0.2, 0) is 18.9 Å². The molecule has 3 aliphatic rings. The Labute approximate surface area is 293 Å². The number of ether oxygens (including phenoxy) is 6. The van der Waals surface area contributed by atoms with E-state index in [1.807, 2.05) is 0 Å². The van der Waals surface area contributed by atoms with Crippen molar-refractivity contribution in [2.75, 3.05) is 13.2 Å². The van der Waals surface area contributed by atoms with Gasteiger partial charge in [0.1, 0.15) is 101 Å². The maximum atomic E-state index is 13.0. The predicted octanol–water partition coefficient (Wildman–Crippen LogP) is -3.63. The first-order chi connectivity index (χ1) is 24.7. The van der Waals surface area contributed by atoms with E-state index >= 15 is 0 Å². The molecule has 286 valence electrons. The van der Waals surface area contributed by atoms with E-state index in [-0.39, 0.29) is 28.2 Å². The highest BCUT2D eigenvalue weighted by Gasteiger charge is 2.48. The summed E-state index contributed by atoms with van der Waals surface area (Å²) in [7, 11) is 0. The van der Waals surface area contributed by atoms with Crippen molar-refractivity contribution in [3.05, 3.63) is 52.7 Å². The molecule has 15 atom stereocenters. The second-order valence-electron chi connectivity index (χ2n) is 12.8. The smallest absolute Gasteiger partial charge is 0.229 e. The molecule has 0 aliphatic carbocycles. The first kappa shape index (κ1) is 38.2. The fraction of sp³-hybridized carbons (Fsp3) is 0.545. The van der Waals surface area contributed by atoms with Gasteiger partial charge in [-0.05, 0) is 31.2 Å². The molecule has 52 heavy (non-hydrogen) atoms. The monoisotopic (exact) mass is 740 g/mol. The van der Waals surface area contributed by atoms with Crippen molar-refractivity contribution in [2.45, 2.75) is 99.0 Å². The number of rotatable bonds is 9. The first-order valence-electron chi connectivity index (χ1n) is 16.2. The lowest BCUT2D eigenvalue weighted by atomic mass is 9.98. The van der Waals surface area contributed by atoms with Crippen molar-refractivity contribution < 1.29 is 89.0 Å². The van der Waals surface area contributed by atoms with E-state index in [0.29, 0.717) is 5.56 Å². The average molecular weight is 741 g/mol. The van der Waals surface area contributed by atoms with E-state index in [4.69, 9.17) is 32.8 Å². The van der Waals surface area contributed by atoms with Crippen LogP contribution >= 0.6 is 0 Å². The number of aromatic hydroxyl groups is 1. The summed E-state index contributed by atoms with van der Waals surface area (Å²) in [6, 6.07) is 9.25. The van der Waals surface area contributed by atoms with Crippen LogP contribution in [0.25, 0.3) is 22.3 Å². The molecule has 19 nitrogen and oxygen atoms in total. The fourth-order valence-corrected chi connectivity index (χ4v) is 6.08. The van der Waals surface area contributed by atoms with E-state index in [2.05, 4.69) is 0 Å². The second kappa shape index (κ2) is 15.5. The molecule has 0 bridgehead atoms. The van der Waals surface area contributed by atoms with Crippen LogP contribution in [0.1, 0.15) is 6.92 Å². The van der Waals surface area contributed by atoms with Crippen molar-refractivity contribution in [1.82, 2.24) is 0 Å². The van der Waals surface area contributed by atoms with E-state index in [1.54, 1.807) is 0 Å². The van der Waals surface area contributed by atoms with Crippen LogP contribution in [0.15, 0.2) is 51.7 Å². The predicted molar refractivity (Wildman–Crippen MR) is 170 cm³/mol. The molecule has 0 spiro atoms. The Balaban J connectivity index is 1.17. The van der Waals surface area contributed by atoms with Crippen LogP contribution in [0.3, 0.4) is 0 Å². The molecular weight excluding hydrogens is 700 g/mol. The minimum absolute atomic E-state index is 0.0391. The number of aliphatic hydroxyl groups is 10. The van der Waals surface area contributed by atoms with E-state index in [1.165, 1.54) is 37.3 Å². The van der Waals surface area contributed by atoms with Crippen LogP contribution in [-0.4, -0.2) is 162 Å². The maximum Gasteiger partial charge on any atom is 0.229 e. The number of aliphatic hydroxyl groups excluding tert-OH is 10. The number of phenolic OH excluding ortho intramolecular Hbond substituents is 1. The highest BCUT2D eigenvalue weighted by atomic mass is 16.7. The Morgan fingerprint density at radius 2 is 1.19 bits per heavy atom. The van der Waals surface area contributed by atoms with Crippen LogP contribution in [0.4, 0.5) is 0 Å². The molecule has 1 aromatic heterocycles. The van der Waals surface area contributed by atoms with Gasteiger partial charge in [-0.15, -0.1) is 0 Å².